The summed E-state index contributed by atoms with van der Waals surface area (Å²) in [5.41, 5.74) is 0.890. The maximum atomic E-state index is 11.4. The number of benzene rings is 1. The summed E-state index contributed by atoms with van der Waals surface area (Å²) in [4.78, 5) is 23.9. The number of hydrogen-bond donors (Lipinski definition) is 1. The van der Waals surface area contributed by atoms with Crippen molar-refractivity contribution in [1.29, 1.82) is 0 Å². The van der Waals surface area contributed by atoms with Gasteiger partial charge in [0.25, 0.3) is 5.69 Å². The van der Waals surface area contributed by atoms with E-state index in [1.165, 1.54) is 0 Å². The zero-order valence-electron chi connectivity index (χ0n) is 10.3. The summed E-state index contributed by atoms with van der Waals surface area (Å²) in [7, 11) is 0. The number of nitro benzene ring substituents is 1. The summed E-state index contributed by atoms with van der Waals surface area (Å²) in [5, 5.41) is 13.7. The molecule has 6 nitrogen and oxygen atoms in total. The Balaban J connectivity index is 2.12. The van der Waals surface area contributed by atoms with Gasteiger partial charge in [0.05, 0.1) is 15.9 Å². The fraction of sp³-hybridized carbons (Fsp3) is 0.417. The maximum Gasteiger partial charge on any atom is 0.283 e. The Labute approximate surface area is 119 Å². The van der Waals surface area contributed by atoms with Crippen LogP contribution in [0.15, 0.2) is 22.7 Å². The second kappa shape index (κ2) is 6.12. The third-order valence-corrected chi connectivity index (χ3v) is 3.62. The lowest BCUT2D eigenvalue weighted by Gasteiger charge is -2.18. The average Bonchev–Trinajstić information content (AvgIpc) is 2.56. The molecule has 1 aromatic rings. The normalized spacial score (nSPS) is 16.8. The first-order valence-electron chi connectivity index (χ1n) is 5.98. The second-order valence-electron chi connectivity index (χ2n) is 4.46. The number of amides is 1. The summed E-state index contributed by atoms with van der Waals surface area (Å²) >= 11 is 3.16. The maximum absolute atomic E-state index is 11.4. The largest absolute Gasteiger partial charge is 0.355 e. The molecule has 1 aromatic carbocycles. The first-order valence-corrected chi connectivity index (χ1v) is 6.77. The SMILES string of the molecule is O=C1CN(Cc2ccc(Br)c([N+](=O)[O-])c2)CCCN1. The molecule has 0 atom stereocenters. The van der Waals surface area contributed by atoms with Crippen LogP contribution < -0.4 is 5.32 Å². The minimum absolute atomic E-state index is 0.00381. The van der Waals surface area contributed by atoms with Crippen molar-refractivity contribution < 1.29 is 9.72 Å². The molecule has 0 aromatic heterocycles. The number of nitrogens with zero attached hydrogens (tertiary/aromatic N) is 2. The highest BCUT2D eigenvalue weighted by Crippen LogP contribution is 2.26. The molecular weight excluding hydrogens is 314 g/mol. The van der Waals surface area contributed by atoms with E-state index in [9.17, 15) is 14.9 Å². The Kier molecular flexibility index (Phi) is 4.49. The zero-order valence-corrected chi connectivity index (χ0v) is 11.9. The van der Waals surface area contributed by atoms with Crippen LogP contribution >= 0.6 is 15.9 Å². The molecule has 1 saturated heterocycles. The van der Waals surface area contributed by atoms with Crippen LogP contribution in [0.25, 0.3) is 0 Å². The first-order chi connectivity index (χ1) is 9.06. The van der Waals surface area contributed by atoms with E-state index in [2.05, 4.69) is 21.2 Å². The molecule has 102 valence electrons. The Hall–Kier alpha value is -1.47. The van der Waals surface area contributed by atoms with E-state index in [1.807, 2.05) is 11.0 Å². The molecular formula is C12H14BrN3O3. The number of nitrogens with one attached hydrogen (secondary N) is 1. The van der Waals surface area contributed by atoms with Gasteiger partial charge in [0.2, 0.25) is 5.91 Å². The molecule has 19 heavy (non-hydrogen) atoms. The van der Waals surface area contributed by atoms with Gasteiger partial charge < -0.3 is 5.32 Å². The molecule has 2 rings (SSSR count). The Bertz CT molecular complexity index is 507. The number of carbonyl (C=O) groups excluding carboxylic acids is 1. The molecule has 7 heteroatoms. The van der Waals surface area contributed by atoms with Crippen molar-refractivity contribution in [1.82, 2.24) is 10.2 Å². The van der Waals surface area contributed by atoms with Gasteiger partial charge in [-0.15, -0.1) is 0 Å². The highest BCUT2D eigenvalue weighted by Gasteiger charge is 2.17. The van der Waals surface area contributed by atoms with E-state index >= 15 is 0 Å². The summed E-state index contributed by atoms with van der Waals surface area (Å²) in [6, 6.07) is 5.05. The summed E-state index contributed by atoms with van der Waals surface area (Å²) in [6.45, 7) is 2.38. The van der Waals surface area contributed by atoms with Gasteiger partial charge in [-0.3, -0.25) is 19.8 Å². The number of hydrogen-bond acceptors (Lipinski definition) is 4. The van der Waals surface area contributed by atoms with Gasteiger partial charge in [-0.2, -0.15) is 0 Å². The molecule has 1 heterocycles. The standard InChI is InChI=1S/C12H14BrN3O3/c13-10-3-2-9(6-11(10)16(18)19)7-15-5-1-4-14-12(17)8-15/h2-3,6H,1,4-5,7-8H2,(H,14,17). The molecule has 0 radical (unpaired) electrons. The molecule has 0 aliphatic carbocycles. The molecule has 0 saturated carbocycles. The van der Waals surface area contributed by atoms with Crippen LogP contribution in [0, 0.1) is 10.1 Å². The van der Waals surface area contributed by atoms with Crippen molar-refractivity contribution in [2.75, 3.05) is 19.6 Å². The lowest BCUT2D eigenvalue weighted by molar-refractivity contribution is -0.385. The smallest absolute Gasteiger partial charge is 0.283 e. The minimum Gasteiger partial charge on any atom is -0.355 e. The number of halogens is 1. The van der Waals surface area contributed by atoms with Crippen LogP contribution in [-0.4, -0.2) is 35.4 Å². The van der Waals surface area contributed by atoms with Crippen LogP contribution in [0.2, 0.25) is 0 Å². The van der Waals surface area contributed by atoms with E-state index in [4.69, 9.17) is 0 Å². The average molecular weight is 328 g/mol. The first kappa shape index (κ1) is 14.0. The van der Waals surface area contributed by atoms with Crippen molar-refractivity contribution in [2.24, 2.45) is 0 Å². The Morgan fingerprint density at radius 3 is 3.00 bits per heavy atom. The van der Waals surface area contributed by atoms with Crippen molar-refractivity contribution in [3.05, 3.63) is 38.3 Å². The van der Waals surface area contributed by atoms with Crippen molar-refractivity contribution in [2.45, 2.75) is 13.0 Å². The van der Waals surface area contributed by atoms with E-state index in [1.54, 1.807) is 12.1 Å². The molecule has 1 aliphatic heterocycles. The fourth-order valence-electron chi connectivity index (χ4n) is 2.06. The number of carbonyl (C=O) groups is 1. The molecule has 1 fully saturated rings. The van der Waals surface area contributed by atoms with Gasteiger partial charge in [0.1, 0.15) is 0 Å². The lowest BCUT2D eigenvalue weighted by Crippen LogP contribution is -2.32. The van der Waals surface area contributed by atoms with Gasteiger partial charge in [0.15, 0.2) is 0 Å². The highest BCUT2D eigenvalue weighted by atomic mass is 79.9. The van der Waals surface area contributed by atoms with Crippen LogP contribution in [0.4, 0.5) is 5.69 Å². The van der Waals surface area contributed by atoms with E-state index in [0.29, 0.717) is 24.1 Å². The molecule has 0 spiro atoms. The number of nitro groups is 1. The Morgan fingerprint density at radius 1 is 1.47 bits per heavy atom. The molecule has 1 aliphatic rings. The predicted octanol–water partition coefficient (Wildman–Crippen LogP) is 1.68. The third-order valence-electron chi connectivity index (χ3n) is 2.95. The molecule has 0 unspecified atom stereocenters. The molecule has 1 N–H and O–H groups in total. The minimum atomic E-state index is -0.414. The van der Waals surface area contributed by atoms with Crippen molar-refractivity contribution in [3.63, 3.8) is 0 Å². The molecule has 0 bridgehead atoms. The monoisotopic (exact) mass is 327 g/mol. The topological polar surface area (TPSA) is 75.5 Å². The Morgan fingerprint density at radius 2 is 2.26 bits per heavy atom. The van der Waals surface area contributed by atoms with E-state index < -0.39 is 4.92 Å². The van der Waals surface area contributed by atoms with Gasteiger partial charge in [-0.05, 0) is 34.0 Å². The second-order valence-corrected chi connectivity index (χ2v) is 5.31. The van der Waals surface area contributed by atoms with Crippen LogP contribution in [0.3, 0.4) is 0 Å². The lowest BCUT2D eigenvalue weighted by atomic mass is 10.2. The van der Waals surface area contributed by atoms with Crippen LogP contribution in [-0.2, 0) is 11.3 Å². The van der Waals surface area contributed by atoms with Crippen molar-refractivity contribution >= 4 is 27.5 Å². The van der Waals surface area contributed by atoms with Gasteiger partial charge in [0, 0.05) is 25.7 Å². The number of rotatable bonds is 3. The summed E-state index contributed by atoms with van der Waals surface area (Å²) < 4.78 is 0.467. The zero-order chi connectivity index (χ0) is 13.8. The van der Waals surface area contributed by atoms with Crippen LogP contribution in [0.5, 0.6) is 0 Å². The third kappa shape index (κ3) is 3.74. The fourth-order valence-corrected chi connectivity index (χ4v) is 2.45. The quantitative estimate of drug-likeness (QED) is 0.677. The summed E-state index contributed by atoms with van der Waals surface area (Å²) in [5.74, 6) is 0.00381. The van der Waals surface area contributed by atoms with Crippen molar-refractivity contribution in [3.8, 4) is 0 Å². The highest BCUT2D eigenvalue weighted by molar-refractivity contribution is 9.10. The molecule has 1 amide bonds. The van der Waals surface area contributed by atoms with E-state index in [0.717, 1.165) is 18.5 Å². The van der Waals surface area contributed by atoms with E-state index in [-0.39, 0.29) is 11.6 Å². The van der Waals surface area contributed by atoms with Gasteiger partial charge in [-0.25, -0.2) is 0 Å². The van der Waals surface area contributed by atoms with Crippen LogP contribution in [0.1, 0.15) is 12.0 Å². The van der Waals surface area contributed by atoms with Gasteiger partial charge >= 0.3 is 0 Å². The van der Waals surface area contributed by atoms with Gasteiger partial charge in [-0.1, -0.05) is 6.07 Å². The predicted molar refractivity (Wildman–Crippen MR) is 73.7 cm³/mol. The summed E-state index contributed by atoms with van der Waals surface area (Å²) in [6.07, 6.45) is 0.893.